The summed E-state index contributed by atoms with van der Waals surface area (Å²) in [5.41, 5.74) is 0. The minimum absolute atomic E-state index is 0.498. The molecule has 1 aliphatic heterocycles. The van der Waals surface area contributed by atoms with Crippen molar-refractivity contribution >= 4 is 10.2 Å². The van der Waals surface area contributed by atoms with E-state index in [9.17, 15) is 8.42 Å². The first-order valence-corrected chi connectivity index (χ1v) is 6.17. The molecule has 0 saturated carbocycles. The monoisotopic (exact) mass is 206 g/mol. The van der Waals surface area contributed by atoms with Gasteiger partial charge in [0.05, 0.1) is 0 Å². The molecule has 2 N–H and O–H groups in total. The van der Waals surface area contributed by atoms with Gasteiger partial charge in [-0.2, -0.15) is 12.7 Å². The van der Waals surface area contributed by atoms with Gasteiger partial charge in [0.15, 0.2) is 0 Å². The number of nitrogens with two attached hydrogens (primary N) is 1. The molecule has 0 spiro atoms. The molecule has 0 amide bonds. The van der Waals surface area contributed by atoms with E-state index in [1.807, 2.05) is 0 Å². The van der Waals surface area contributed by atoms with Gasteiger partial charge in [-0.05, 0) is 24.7 Å². The summed E-state index contributed by atoms with van der Waals surface area (Å²) in [6.07, 6.45) is 2.04. The smallest absolute Gasteiger partial charge is 0.216 e. The van der Waals surface area contributed by atoms with Gasteiger partial charge >= 0.3 is 0 Å². The fourth-order valence-corrected chi connectivity index (χ4v) is 2.67. The molecule has 0 aromatic heterocycles. The zero-order chi connectivity index (χ0) is 10.1. The second kappa shape index (κ2) is 3.94. The predicted molar refractivity (Wildman–Crippen MR) is 52.2 cm³/mol. The van der Waals surface area contributed by atoms with Crippen LogP contribution in [0.15, 0.2) is 0 Å². The molecule has 0 aromatic rings. The molecular weight excluding hydrogens is 188 g/mol. The first kappa shape index (κ1) is 10.9. The van der Waals surface area contributed by atoms with Gasteiger partial charge in [-0.1, -0.05) is 13.8 Å². The van der Waals surface area contributed by atoms with Crippen molar-refractivity contribution in [3.8, 4) is 0 Å². The van der Waals surface area contributed by atoms with E-state index >= 15 is 0 Å². The Labute approximate surface area is 80.3 Å². The highest BCUT2D eigenvalue weighted by atomic mass is 32.2. The van der Waals surface area contributed by atoms with Gasteiger partial charge in [-0.25, -0.2) is 5.14 Å². The molecule has 1 atom stereocenters. The molecule has 13 heavy (non-hydrogen) atoms. The zero-order valence-corrected chi connectivity index (χ0v) is 9.05. The number of hydrogen-bond acceptors (Lipinski definition) is 2. The molecule has 5 heteroatoms. The highest BCUT2D eigenvalue weighted by Gasteiger charge is 2.28. The molecule has 0 radical (unpaired) electrons. The Balaban J connectivity index is 2.46. The van der Waals surface area contributed by atoms with Crippen molar-refractivity contribution in [3.05, 3.63) is 0 Å². The molecule has 78 valence electrons. The number of rotatable bonds is 3. The fraction of sp³-hybridized carbons (Fsp3) is 1.00. The van der Waals surface area contributed by atoms with Crippen molar-refractivity contribution in [2.75, 3.05) is 13.1 Å². The summed E-state index contributed by atoms with van der Waals surface area (Å²) < 4.78 is 23.3. The molecule has 1 fully saturated rings. The van der Waals surface area contributed by atoms with Crippen molar-refractivity contribution < 1.29 is 8.42 Å². The second-order valence-electron chi connectivity index (χ2n) is 4.19. The van der Waals surface area contributed by atoms with Crippen LogP contribution >= 0.6 is 0 Å². The highest BCUT2D eigenvalue weighted by Crippen LogP contribution is 2.23. The maximum absolute atomic E-state index is 11.0. The summed E-state index contributed by atoms with van der Waals surface area (Å²) in [7, 11) is -3.44. The molecule has 4 nitrogen and oxygen atoms in total. The normalized spacial score (nSPS) is 25.7. The van der Waals surface area contributed by atoms with Crippen LogP contribution in [-0.4, -0.2) is 25.8 Å². The van der Waals surface area contributed by atoms with E-state index in [1.165, 1.54) is 4.31 Å². The lowest BCUT2D eigenvalue weighted by Gasteiger charge is -2.14. The number of nitrogens with zero attached hydrogens (tertiary/aromatic N) is 1. The van der Waals surface area contributed by atoms with Crippen molar-refractivity contribution in [3.63, 3.8) is 0 Å². The van der Waals surface area contributed by atoms with Crippen LogP contribution in [0.1, 0.15) is 26.7 Å². The van der Waals surface area contributed by atoms with E-state index in [4.69, 9.17) is 5.14 Å². The standard InChI is InChI=1S/C8H18N2O2S/c1-7(2)5-8-3-4-10(6-8)13(9,11)12/h7-8H,3-6H2,1-2H3,(H2,9,11,12)/t8-/m1/s1. The second-order valence-corrected chi connectivity index (χ2v) is 5.73. The van der Waals surface area contributed by atoms with Crippen LogP contribution in [0.4, 0.5) is 0 Å². The maximum atomic E-state index is 11.0. The van der Waals surface area contributed by atoms with E-state index in [0.29, 0.717) is 24.9 Å². The van der Waals surface area contributed by atoms with Crippen molar-refractivity contribution in [1.82, 2.24) is 4.31 Å². The van der Waals surface area contributed by atoms with Gasteiger partial charge in [0, 0.05) is 13.1 Å². The van der Waals surface area contributed by atoms with Crippen LogP contribution in [0.3, 0.4) is 0 Å². The summed E-state index contributed by atoms with van der Waals surface area (Å²) in [5.74, 6) is 1.13. The van der Waals surface area contributed by atoms with Crippen molar-refractivity contribution in [2.45, 2.75) is 26.7 Å². The van der Waals surface area contributed by atoms with Crippen molar-refractivity contribution in [1.29, 1.82) is 0 Å². The fourth-order valence-electron chi connectivity index (χ4n) is 1.89. The quantitative estimate of drug-likeness (QED) is 0.733. The largest absolute Gasteiger partial charge is 0.276 e. The van der Waals surface area contributed by atoms with Gasteiger partial charge < -0.3 is 0 Å². The summed E-state index contributed by atoms with van der Waals surface area (Å²) in [5, 5.41) is 5.03. The summed E-state index contributed by atoms with van der Waals surface area (Å²) >= 11 is 0. The molecule has 1 saturated heterocycles. The third-order valence-corrected chi connectivity index (χ3v) is 3.46. The Morgan fingerprint density at radius 3 is 2.54 bits per heavy atom. The van der Waals surface area contributed by atoms with E-state index in [1.54, 1.807) is 0 Å². The summed E-state index contributed by atoms with van der Waals surface area (Å²) in [6.45, 7) is 5.51. The van der Waals surface area contributed by atoms with Crippen LogP contribution in [-0.2, 0) is 10.2 Å². The SMILES string of the molecule is CC(C)C[C@H]1CCN(S(N)(=O)=O)C1. The Morgan fingerprint density at radius 1 is 1.54 bits per heavy atom. The van der Waals surface area contributed by atoms with Crippen molar-refractivity contribution in [2.24, 2.45) is 17.0 Å². The molecule has 1 aliphatic rings. The van der Waals surface area contributed by atoms with Crippen LogP contribution in [0.25, 0.3) is 0 Å². The lowest BCUT2D eigenvalue weighted by atomic mass is 9.97. The molecular formula is C8H18N2O2S. The van der Waals surface area contributed by atoms with E-state index in [0.717, 1.165) is 12.8 Å². The molecule has 0 bridgehead atoms. The summed E-state index contributed by atoms with van der Waals surface area (Å²) in [4.78, 5) is 0. The zero-order valence-electron chi connectivity index (χ0n) is 8.23. The van der Waals surface area contributed by atoms with Gasteiger partial charge in [0.25, 0.3) is 10.2 Å². The van der Waals surface area contributed by atoms with E-state index < -0.39 is 10.2 Å². The predicted octanol–water partition coefficient (Wildman–Crippen LogP) is 0.558. The molecule has 1 rings (SSSR count). The van der Waals surface area contributed by atoms with E-state index in [2.05, 4.69) is 13.8 Å². The lowest BCUT2D eigenvalue weighted by molar-refractivity contribution is 0.407. The van der Waals surface area contributed by atoms with Gasteiger partial charge in [0.2, 0.25) is 0 Å². The molecule has 0 unspecified atom stereocenters. The van der Waals surface area contributed by atoms with Gasteiger partial charge in [-0.15, -0.1) is 0 Å². The first-order chi connectivity index (χ1) is 5.89. The Bertz CT molecular complexity index is 261. The first-order valence-electron chi connectivity index (χ1n) is 4.67. The Hall–Kier alpha value is -0.130. The highest BCUT2D eigenvalue weighted by molar-refractivity contribution is 7.86. The average molecular weight is 206 g/mol. The van der Waals surface area contributed by atoms with E-state index in [-0.39, 0.29) is 0 Å². The lowest BCUT2D eigenvalue weighted by Crippen LogP contribution is -2.34. The minimum Gasteiger partial charge on any atom is -0.216 e. The topological polar surface area (TPSA) is 63.4 Å². The van der Waals surface area contributed by atoms with Gasteiger partial charge in [0.1, 0.15) is 0 Å². The number of hydrogen-bond donors (Lipinski definition) is 1. The average Bonchev–Trinajstić information content (AvgIpc) is 2.32. The molecule has 0 aromatic carbocycles. The molecule has 1 heterocycles. The third-order valence-electron chi connectivity index (χ3n) is 2.41. The van der Waals surface area contributed by atoms with Crippen LogP contribution in [0.5, 0.6) is 0 Å². The van der Waals surface area contributed by atoms with Crippen LogP contribution < -0.4 is 5.14 Å². The minimum atomic E-state index is -3.44. The van der Waals surface area contributed by atoms with Crippen LogP contribution in [0, 0.1) is 11.8 Å². The van der Waals surface area contributed by atoms with Crippen LogP contribution in [0.2, 0.25) is 0 Å². The maximum Gasteiger partial charge on any atom is 0.276 e. The Kier molecular flexibility index (Phi) is 3.32. The van der Waals surface area contributed by atoms with Gasteiger partial charge in [-0.3, -0.25) is 0 Å². The third kappa shape index (κ3) is 3.25. The molecule has 0 aliphatic carbocycles. The Morgan fingerprint density at radius 2 is 2.15 bits per heavy atom. The summed E-state index contributed by atoms with van der Waals surface area (Å²) in [6, 6.07) is 0.